The van der Waals surface area contributed by atoms with Gasteiger partial charge in [0.05, 0.1) is 0 Å². The van der Waals surface area contributed by atoms with Crippen molar-refractivity contribution in [3.05, 3.63) is 35.4 Å². The molecule has 1 aliphatic rings. The van der Waals surface area contributed by atoms with Gasteiger partial charge in [-0.1, -0.05) is 29.8 Å². The molecule has 1 saturated heterocycles. The molecule has 1 atom stereocenters. The quantitative estimate of drug-likeness (QED) is 0.860. The van der Waals surface area contributed by atoms with Crippen LogP contribution >= 0.6 is 0 Å². The third kappa shape index (κ3) is 4.58. The molecule has 2 rings (SSSR count). The molecule has 1 fully saturated rings. The zero-order valence-corrected chi connectivity index (χ0v) is 13.9. The number of amides is 1. The van der Waals surface area contributed by atoms with Gasteiger partial charge < -0.3 is 9.64 Å². The number of carbonyl (C=O) groups is 2. The third-order valence-electron chi connectivity index (χ3n) is 3.79. The molecule has 0 saturated carbocycles. The van der Waals surface area contributed by atoms with Crippen molar-refractivity contribution >= 4 is 11.9 Å². The predicted molar refractivity (Wildman–Crippen MR) is 85.8 cm³/mol. The third-order valence-corrected chi connectivity index (χ3v) is 3.79. The van der Waals surface area contributed by atoms with Crippen LogP contribution in [0.4, 0.5) is 4.79 Å². The Kier molecular flexibility index (Phi) is 4.89. The minimum atomic E-state index is -0.499. The van der Waals surface area contributed by atoms with Crippen molar-refractivity contribution in [2.75, 3.05) is 13.1 Å². The number of Topliss-reactive ketones (excluding diaryl/α,β-unsaturated/α-hetero) is 1. The van der Waals surface area contributed by atoms with Crippen LogP contribution in [0.25, 0.3) is 0 Å². The highest BCUT2D eigenvalue weighted by atomic mass is 16.6. The monoisotopic (exact) mass is 303 g/mol. The number of nitrogens with zero attached hydrogens (tertiary/aromatic N) is 1. The Morgan fingerprint density at radius 1 is 1.23 bits per heavy atom. The molecule has 1 aliphatic heterocycles. The first-order valence-corrected chi connectivity index (χ1v) is 7.81. The van der Waals surface area contributed by atoms with E-state index in [4.69, 9.17) is 4.74 Å². The number of carbonyl (C=O) groups excluding carboxylic acids is 2. The summed E-state index contributed by atoms with van der Waals surface area (Å²) in [7, 11) is 0. The van der Waals surface area contributed by atoms with Gasteiger partial charge in [0.1, 0.15) is 11.4 Å². The van der Waals surface area contributed by atoms with Crippen molar-refractivity contribution in [3.8, 4) is 0 Å². The largest absolute Gasteiger partial charge is 0.444 e. The van der Waals surface area contributed by atoms with E-state index in [1.165, 1.54) is 5.56 Å². The fourth-order valence-corrected chi connectivity index (χ4v) is 2.57. The van der Waals surface area contributed by atoms with E-state index in [-0.39, 0.29) is 17.8 Å². The van der Waals surface area contributed by atoms with Crippen LogP contribution in [-0.4, -0.2) is 35.5 Å². The lowest BCUT2D eigenvalue weighted by molar-refractivity contribution is -0.121. The topological polar surface area (TPSA) is 46.6 Å². The molecule has 0 radical (unpaired) electrons. The number of likely N-dealkylation sites (tertiary alicyclic amines) is 1. The summed E-state index contributed by atoms with van der Waals surface area (Å²) in [5, 5.41) is 0. The fourth-order valence-electron chi connectivity index (χ4n) is 2.57. The Balaban J connectivity index is 1.88. The van der Waals surface area contributed by atoms with Gasteiger partial charge in [0.2, 0.25) is 0 Å². The molecule has 1 aromatic rings. The van der Waals surface area contributed by atoms with E-state index in [1.54, 1.807) is 4.90 Å². The van der Waals surface area contributed by atoms with Crippen LogP contribution < -0.4 is 0 Å². The molecule has 4 heteroatoms. The van der Waals surface area contributed by atoms with E-state index < -0.39 is 5.60 Å². The van der Waals surface area contributed by atoms with Crippen LogP contribution in [0, 0.1) is 12.8 Å². The molecule has 1 unspecified atom stereocenters. The molecule has 120 valence electrons. The highest BCUT2D eigenvalue weighted by Gasteiger charge is 2.33. The van der Waals surface area contributed by atoms with Gasteiger partial charge >= 0.3 is 6.09 Å². The van der Waals surface area contributed by atoms with Gasteiger partial charge in [-0.25, -0.2) is 4.79 Å². The van der Waals surface area contributed by atoms with Crippen molar-refractivity contribution in [1.82, 2.24) is 4.90 Å². The van der Waals surface area contributed by atoms with Crippen molar-refractivity contribution in [3.63, 3.8) is 0 Å². The normalized spacial score (nSPS) is 18.4. The maximum Gasteiger partial charge on any atom is 0.410 e. The summed E-state index contributed by atoms with van der Waals surface area (Å²) in [6.45, 7) is 8.64. The highest BCUT2D eigenvalue weighted by Crippen LogP contribution is 2.21. The molecule has 0 spiro atoms. The Hall–Kier alpha value is -1.84. The molecular formula is C18H25NO3. The smallest absolute Gasteiger partial charge is 0.410 e. The molecule has 1 aromatic carbocycles. The summed E-state index contributed by atoms with van der Waals surface area (Å²) in [5.41, 5.74) is 1.72. The minimum absolute atomic E-state index is 0.0752. The lowest BCUT2D eigenvalue weighted by Gasteiger charge is -2.24. The summed E-state index contributed by atoms with van der Waals surface area (Å²) in [4.78, 5) is 26.0. The Morgan fingerprint density at radius 3 is 2.45 bits per heavy atom. The zero-order valence-electron chi connectivity index (χ0n) is 13.9. The number of rotatable bonds is 3. The van der Waals surface area contributed by atoms with Crippen molar-refractivity contribution in [1.29, 1.82) is 0 Å². The summed E-state index contributed by atoms with van der Waals surface area (Å²) in [5.74, 6) is 0.128. The number of hydrogen-bond donors (Lipinski definition) is 0. The van der Waals surface area contributed by atoms with Crippen LogP contribution in [0.15, 0.2) is 24.3 Å². The van der Waals surface area contributed by atoms with Crippen LogP contribution in [0.1, 0.15) is 38.3 Å². The van der Waals surface area contributed by atoms with Gasteiger partial charge in [0.15, 0.2) is 0 Å². The SMILES string of the molecule is Cc1ccc(CC(=O)C2CCN(C(=O)OC(C)(C)C)C2)cc1. The standard InChI is InChI=1S/C18H25NO3/c1-13-5-7-14(8-6-13)11-16(20)15-9-10-19(12-15)17(21)22-18(2,3)4/h5-8,15H,9-12H2,1-4H3. The number of hydrogen-bond acceptors (Lipinski definition) is 3. The maximum absolute atomic E-state index is 12.4. The molecular weight excluding hydrogens is 278 g/mol. The van der Waals surface area contributed by atoms with E-state index in [1.807, 2.05) is 52.0 Å². The van der Waals surface area contributed by atoms with Crippen LogP contribution in [0.5, 0.6) is 0 Å². The van der Waals surface area contributed by atoms with Crippen LogP contribution in [0.3, 0.4) is 0 Å². The first-order valence-electron chi connectivity index (χ1n) is 7.81. The molecule has 0 bridgehead atoms. The number of ether oxygens (including phenoxy) is 1. The summed E-state index contributed by atoms with van der Waals surface area (Å²) < 4.78 is 5.36. The predicted octanol–water partition coefficient (Wildman–Crippen LogP) is 3.36. The molecule has 4 nitrogen and oxygen atoms in total. The Labute approximate surface area is 132 Å². The van der Waals surface area contributed by atoms with Crippen LogP contribution in [-0.2, 0) is 16.0 Å². The van der Waals surface area contributed by atoms with Gasteiger partial charge in [0, 0.05) is 25.4 Å². The summed E-state index contributed by atoms with van der Waals surface area (Å²) in [6, 6.07) is 8.02. The van der Waals surface area contributed by atoms with E-state index in [2.05, 4.69) is 0 Å². The number of benzene rings is 1. The van der Waals surface area contributed by atoms with Crippen molar-refractivity contribution in [2.24, 2.45) is 5.92 Å². The molecule has 1 heterocycles. The first-order chi connectivity index (χ1) is 10.2. The van der Waals surface area contributed by atoms with E-state index in [9.17, 15) is 9.59 Å². The zero-order chi connectivity index (χ0) is 16.3. The van der Waals surface area contributed by atoms with Crippen molar-refractivity contribution in [2.45, 2.75) is 46.1 Å². The molecule has 22 heavy (non-hydrogen) atoms. The minimum Gasteiger partial charge on any atom is -0.444 e. The lowest BCUT2D eigenvalue weighted by Crippen LogP contribution is -2.36. The van der Waals surface area contributed by atoms with Gasteiger partial charge in [-0.15, -0.1) is 0 Å². The second kappa shape index (κ2) is 6.51. The molecule has 0 N–H and O–H groups in total. The van der Waals surface area contributed by atoms with Crippen LogP contribution in [0.2, 0.25) is 0 Å². The molecule has 0 aliphatic carbocycles. The second-order valence-electron chi connectivity index (χ2n) is 7.04. The van der Waals surface area contributed by atoms with Gasteiger partial charge in [-0.05, 0) is 39.7 Å². The van der Waals surface area contributed by atoms with Gasteiger partial charge in [0.25, 0.3) is 0 Å². The Bertz CT molecular complexity index is 542. The van der Waals surface area contributed by atoms with E-state index in [0.717, 1.165) is 12.0 Å². The van der Waals surface area contributed by atoms with E-state index >= 15 is 0 Å². The molecule has 0 aromatic heterocycles. The Morgan fingerprint density at radius 2 is 1.86 bits per heavy atom. The van der Waals surface area contributed by atoms with Gasteiger partial charge in [-0.2, -0.15) is 0 Å². The first kappa shape index (κ1) is 16.5. The highest BCUT2D eigenvalue weighted by molar-refractivity contribution is 5.84. The summed E-state index contributed by atoms with van der Waals surface area (Å²) in [6.07, 6.45) is 0.843. The number of ketones is 1. The second-order valence-corrected chi connectivity index (χ2v) is 7.04. The van der Waals surface area contributed by atoms with Crippen molar-refractivity contribution < 1.29 is 14.3 Å². The average molecular weight is 303 g/mol. The average Bonchev–Trinajstić information content (AvgIpc) is 2.89. The summed E-state index contributed by atoms with van der Waals surface area (Å²) >= 11 is 0. The van der Waals surface area contributed by atoms with Gasteiger partial charge in [-0.3, -0.25) is 4.79 Å². The number of aryl methyl sites for hydroxylation is 1. The molecule has 1 amide bonds. The lowest BCUT2D eigenvalue weighted by atomic mass is 9.97. The van der Waals surface area contributed by atoms with E-state index in [0.29, 0.717) is 19.5 Å². The fraction of sp³-hybridized carbons (Fsp3) is 0.556. The maximum atomic E-state index is 12.4.